The van der Waals surface area contributed by atoms with Crippen LogP contribution in [0.2, 0.25) is 0 Å². The molecule has 230 valence electrons. The van der Waals surface area contributed by atoms with Gasteiger partial charge in [0.15, 0.2) is 0 Å². The van der Waals surface area contributed by atoms with Crippen molar-refractivity contribution in [2.24, 2.45) is 11.8 Å². The van der Waals surface area contributed by atoms with Gasteiger partial charge in [-0.25, -0.2) is 4.79 Å². The van der Waals surface area contributed by atoms with Crippen molar-refractivity contribution in [1.82, 2.24) is 0 Å². The van der Waals surface area contributed by atoms with Crippen LogP contribution in [0.4, 0.5) is 0 Å². The lowest BCUT2D eigenvalue weighted by molar-refractivity contribution is 0.0734. The molecule has 2 aromatic rings. The zero-order valence-electron chi connectivity index (χ0n) is 26.5. The van der Waals surface area contributed by atoms with Crippen LogP contribution in [0.25, 0.3) is 0 Å². The van der Waals surface area contributed by atoms with E-state index in [1.54, 1.807) is 18.2 Å². The van der Waals surface area contributed by atoms with Crippen LogP contribution in [-0.2, 0) is 6.42 Å². The van der Waals surface area contributed by atoms with Gasteiger partial charge in [-0.2, -0.15) is 5.26 Å². The number of hydrogen-bond donors (Lipinski definition) is 0. The summed E-state index contributed by atoms with van der Waals surface area (Å²) in [5.74, 6) is 2.34. The Morgan fingerprint density at radius 2 is 1.36 bits per heavy atom. The fraction of sp³-hybridized carbons (Fsp3) is 0.632. The maximum absolute atomic E-state index is 12.8. The maximum Gasteiger partial charge on any atom is 0.343 e. The van der Waals surface area contributed by atoms with Crippen molar-refractivity contribution >= 4 is 5.97 Å². The van der Waals surface area contributed by atoms with Gasteiger partial charge in [0.25, 0.3) is 0 Å². The minimum absolute atomic E-state index is 0.324. The lowest BCUT2D eigenvalue weighted by Gasteiger charge is -2.28. The van der Waals surface area contributed by atoms with Crippen LogP contribution in [0.3, 0.4) is 0 Å². The molecule has 1 saturated carbocycles. The zero-order chi connectivity index (χ0) is 29.8. The molecule has 1 fully saturated rings. The number of hydrogen-bond acceptors (Lipinski definition) is 4. The Kier molecular flexibility index (Phi) is 16.2. The molecule has 0 heterocycles. The summed E-state index contributed by atoms with van der Waals surface area (Å²) in [5, 5.41) is 9.73. The van der Waals surface area contributed by atoms with Gasteiger partial charge in [0, 0.05) is 0 Å². The van der Waals surface area contributed by atoms with Crippen LogP contribution >= 0.6 is 0 Å². The summed E-state index contributed by atoms with van der Waals surface area (Å²) < 4.78 is 11.5. The van der Waals surface area contributed by atoms with Crippen LogP contribution in [-0.4, -0.2) is 12.6 Å². The smallest absolute Gasteiger partial charge is 0.343 e. The molecule has 0 spiro atoms. The number of ether oxygens (including phenoxy) is 2. The number of nitriles is 1. The summed E-state index contributed by atoms with van der Waals surface area (Å²) in [6.45, 7) is 5.22. The number of benzene rings is 2. The van der Waals surface area contributed by atoms with Crippen LogP contribution in [0, 0.1) is 23.2 Å². The highest BCUT2D eigenvalue weighted by Crippen LogP contribution is 2.34. The van der Waals surface area contributed by atoms with Gasteiger partial charge in [0.2, 0.25) is 0 Å². The average molecular weight is 574 g/mol. The number of carbonyl (C=O) groups is 1. The van der Waals surface area contributed by atoms with E-state index in [1.807, 2.05) is 24.3 Å². The molecule has 1 aliphatic carbocycles. The molecule has 1 aliphatic rings. The van der Waals surface area contributed by atoms with Crippen molar-refractivity contribution in [3.05, 3.63) is 59.2 Å². The topological polar surface area (TPSA) is 59.3 Å². The first kappa shape index (κ1) is 33.7. The summed E-state index contributed by atoms with van der Waals surface area (Å²) in [7, 11) is 0. The van der Waals surface area contributed by atoms with Gasteiger partial charge < -0.3 is 9.47 Å². The van der Waals surface area contributed by atoms with Crippen LogP contribution in [0.15, 0.2) is 42.5 Å². The zero-order valence-corrected chi connectivity index (χ0v) is 26.5. The number of aryl methyl sites for hydroxylation is 1. The van der Waals surface area contributed by atoms with E-state index >= 15 is 0 Å². The molecular formula is C38H55NO3. The second kappa shape index (κ2) is 20.2. The third kappa shape index (κ3) is 12.6. The quantitative estimate of drug-likeness (QED) is 0.0898. The number of esters is 1. The van der Waals surface area contributed by atoms with E-state index in [9.17, 15) is 10.1 Å². The molecule has 0 saturated heterocycles. The van der Waals surface area contributed by atoms with Gasteiger partial charge in [0.1, 0.15) is 17.6 Å². The lowest BCUT2D eigenvalue weighted by atomic mass is 9.78. The molecule has 0 N–H and O–H groups in total. The Labute approximate surface area is 256 Å². The van der Waals surface area contributed by atoms with Gasteiger partial charge in [-0.05, 0) is 73.1 Å². The molecule has 0 unspecified atom stereocenters. The second-order valence-electron chi connectivity index (χ2n) is 12.5. The van der Waals surface area contributed by atoms with Crippen molar-refractivity contribution in [2.45, 2.75) is 136 Å². The van der Waals surface area contributed by atoms with Gasteiger partial charge in [0.05, 0.1) is 17.7 Å². The second-order valence-corrected chi connectivity index (χ2v) is 12.5. The fourth-order valence-electron chi connectivity index (χ4n) is 6.22. The van der Waals surface area contributed by atoms with E-state index in [0.29, 0.717) is 23.5 Å². The Morgan fingerprint density at radius 1 is 0.762 bits per heavy atom. The Bertz CT molecular complexity index is 1060. The van der Waals surface area contributed by atoms with Gasteiger partial charge in [-0.15, -0.1) is 0 Å². The van der Waals surface area contributed by atoms with E-state index in [4.69, 9.17) is 9.47 Å². The lowest BCUT2D eigenvalue weighted by Crippen LogP contribution is -2.15. The Morgan fingerprint density at radius 3 is 2.00 bits per heavy atom. The summed E-state index contributed by atoms with van der Waals surface area (Å²) in [6, 6.07) is 15.0. The Balaban J connectivity index is 1.36. The largest absolute Gasteiger partial charge is 0.494 e. The molecule has 4 nitrogen and oxygen atoms in total. The number of nitrogens with zero attached hydrogens (tertiary/aromatic N) is 1. The minimum Gasteiger partial charge on any atom is -0.494 e. The first-order valence-corrected chi connectivity index (χ1v) is 17.1. The molecule has 2 aromatic carbocycles. The van der Waals surface area contributed by atoms with Crippen LogP contribution in [0.1, 0.15) is 151 Å². The monoisotopic (exact) mass is 573 g/mol. The highest BCUT2D eigenvalue weighted by Gasteiger charge is 2.21. The highest BCUT2D eigenvalue weighted by atomic mass is 16.5. The molecular weight excluding hydrogens is 518 g/mol. The molecule has 3 rings (SSSR count). The number of rotatable bonds is 20. The Hall–Kier alpha value is -2.80. The van der Waals surface area contributed by atoms with Gasteiger partial charge >= 0.3 is 5.97 Å². The van der Waals surface area contributed by atoms with Crippen molar-refractivity contribution < 1.29 is 14.3 Å². The molecule has 0 amide bonds. The summed E-state index contributed by atoms with van der Waals surface area (Å²) in [5.41, 5.74) is 2.01. The van der Waals surface area contributed by atoms with Crippen LogP contribution in [0.5, 0.6) is 11.5 Å². The van der Waals surface area contributed by atoms with Gasteiger partial charge in [-0.1, -0.05) is 123 Å². The van der Waals surface area contributed by atoms with Crippen LogP contribution < -0.4 is 9.47 Å². The van der Waals surface area contributed by atoms with E-state index in [0.717, 1.165) is 36.0 Å². The molecule has 0 bridgehead atoms. The molecule has 0 aromatic heterocycles. The van der Waals surface area contributed by atoms with E-state index in [2.05, 4.69) is 19.9 Å². The summed E-state index contributed by atoms with van der Waals surface area (Å²) in [4.78, 5) is 12.8. The number of carbonyl (C=O) groups excluding carboxylic acids is 1. The molecule has 0 aliphatic heterocycles. The predicted molar refractivity (Wildman–Crippen MR) is 173 cm³/mol. The minimum atomic E-state index is -0.458. The van der Waals surface area contributed by atoms with E-state index in [1.165, 1.54) is 109 Å². The first-order chi connectivity index (χ1) is 20.6. The van der Waals surface area contributed by atoms with Crippen molar-refractivity contribution in [3.63, 3.8) is 0 Å². The average Bonchev–Trinajstić information content (AvgIpc) is 3.02. The highest BCUT2D eigenvalue weighted by molar-refractivity contribution is 5.91. The molecule has 4 heteroatoms. The maximum atomic E-state index is 12.8. The normalized spacial score (nSPS) is 16.6. The fourth-order valence-corrected chi connectivity index (χ4v) is 6.22. The number of unbranched alkanes of at least 4 members (excludes halogenated alkanes) is 10. The van der Waals surface area contributed by atoms with Crippen molar-refractivity contribution in [1.29, 1.82) is 5.26 Å². The van der Waals surface area contributed by atoms with Crippen molar-refractivity contribution in [2.75, 3.05) is 6.61 Å². The van der Waals surface area contributed by atoms with E-state index < -0.39 is 5.97 Å². The summed E-state index contributed by atoms with van der Waals surface area (Å²) in [6.07, 6.45) is 24.6. The summed E-state index contributed by atoms with van der Waals surface area (Å²) >= 11 is 0. The third-order valence-electron chi connectivity index (χ3n) is 9.00. The standard InChI is InChI=1S/C38H55NO3/c1-3-5-7-8-9-10-11-12-14-28-41-36-25-23-34(24-26-36)38(40)42-37-27-22-33(29-35(37)30-39)21-20-32-18-16-31(17-19-32)15-13-6-4-2/h22-27,29,31-32H,3-21,28H2,1-2H3/t31-,32-. The van der Waals surface area contributed by atoms with E-state index in [-0.39, 0.29) is 0 Å². The molecule has 0 atom stereocenters. The molecule has 0 radical (unpaired) electrons. The third-order valence-corrected chi connectivity index (χ3v) is 9.00. The molecule has 42 heavy (non-hydrogen) atoms. The SMILES string of the molecule is CCCCCCCCCCCOc1ccc(C(=O)Oc2ccc(CC[C@H]3CC[C@H](CCCCC)CC3)cc2C#N)cc1. The van der Waals surface area contributed by atoms with Gasteiger partial charge in [-0.3, -0.25) is 0 Å². The van der Waals surface area contributed by atoms with Crippen molar-refractivity contribution in [3.8, 4) is 17.6 Å². The first-order valence-electron chi connectivity index (χ1n) is 17.1. The predicted octanol–water partition coefficient (Wildman–Crippen LogP) is 11.0.